The van der Waals surface area contributed by atoms with Gasteiger partial charge in [-0.2, -0.15) is 4.31 Å². The minimum Gasteiger partial charge on any atom is -0.481 e. The largest absolute Gasteiger partial charge is 0.481 e. The van der Waals surface area contributed by atoms with E-state index in [-0.39, 0.29) is 23.8 Å². The molecule has 1 aliphatic carbocycles. The van der Waals surface area contributed by atoms with Gasteiger partial charge in [0.05, 0.1) is 10.3 Å². The smallest absolute Gasteiger partial charge is 0.310 e. The van der Waals surface area contributed by atoms with Crippen LogP contribution in [-0.2, 0) is 26.2 Å². The van der Waals surface area contributed by atoms with Crippen LogP contribution in [0.1, 0.15) is 50.5 Å². The van der Waals surface area contributed by atoms with Crippen molar-refractivity contribution in [3.05, 3.63) is 29.8 Å². The number of sulfonamides is 1. The third-order valence-corrected chi connectivity index (χ3v) is 7.54. The summed E-state index contributed by atoms with van der Waals surface area (Å²) in [7, 11) is -3.46. The number of benzene rings is 1. The van der Waals surface area contributed by atoms with Crippen molar-refractivity contribution in [2.75, 3.05) is 13.1 Å². The zero-order valence-electron chi connectivity index (χ0n) is 15.3. The van der Waals surface area contributed by atoms with Crippen LogP contribution in [0.25, 0.3) is 0 Å². The van der Waals surface area contributed by atoms with Gasteiger partial charge in [-0.15, -0.1) is 0 Å². The lowest BCUT2D eigenvalue weighted by Crippen LogP contribution is -2.42. The fourth-order valence-corrected chi connectivity index (χ4v) is 5.19. The lowest BCUT2D eigenvalue weighted by atomic mass is 9.66. The van der Waals surface area contributed by atoms with E-state index in [1.54, 1.807) is 24.3 Å². The monoisotopic (exact) mass is 394 g/mol. The molecule has 1 amide bonds. The summed E-state index contributed by atoms with van der Waals surface area (Å²) in [4.78, 5) is 23.7. The molecule has 1 saturated carbocycles. The molecule has 27 heavy (non-hydrogen) atoms. The van der Waals surface area contributed by atoms with Gasteiger partial charge < -0.3 is 10.4 Å². The summed E-state index contributed by atoms with van der Waals surface area (Å²) < 4.78 is 26.8. The number of amides is 1. The van der Waals surface area contributed by atoms with Crippen molar-refractivity contribution in [2.45, 2.75) is 56.4 Å². The first kappa shape index (κ1) is 19.8. The van der Waals surface area contributed by atoms with E-state index >= 15 is 0 Å². The molecule has 3 rings (SSSR count). The molecule has 2 N–H and O–H groups in total. The number of rotatable bonds is 7. The summed E-state index contributed by atoms with van der Waals surface area (Å²) in [5, 5.41) is 12.0. The van der Waals surface area contributed by atoms with Crippen molar-refractivity contribution in [1.29, 1.82) is 0 Å². The van der Waals surface area contributed by atoms with Gasteiger partial charge >= 0.3 is 5.97 Å². The number of nitrogens with zero attached hydrogens (tertiary/aromatic N) is 1. The first-order valence-electron chi connectivity index (χ1n) is 9.43. The van der Waals surface area contributed by atoms with Crippen LogP contribution in [0.5, 0.6) is 0 Å². The van der Waals surface area contributed by atoms with Crippen molar-refractivity contribution < 1.29 is 23.1 Å². The van der Waals surface area contributed by atoms with Crippen LogP contribution in [0.15, 0.2) is 29.2 Å². The Morgan fingerprint density at radius 3 is 2.19 bits per heavy atom. The summed E-state index contributed by atoms with van der Waals surface area (Å²) >= 11 is 0. The second-order valence-corrected chi connectivity index (χ2v) is 9.44. The van der Waals surface area contributed by atoms with Crippen molar-refractivity contribution in [3.8, 4) is 0 Å². The van der Waals surface area contributed by atoms with E-state index in [1.165, 1.54) is 4.31 Å². The molecular formula is C19H26N2O5S. The van der Waals surface area contributed by atoms with Gasteiger partial charge in [-0.3, -0.25) is 9.59 Å². The first-order valence-corrected chi connectivity index (χ1v) is 10.9. The molecule has 7 nitrogen and oxygen atoms in total. The lowest BCUT2D eigenvalue weighted by molar-refractivity contribution is -0.157. The number of hydrogen-bond acceptors (Lipinski definition) is 4. The number of nitrogens with one attached hydrogen (secondary N) is 1. The minimum atomic E-state index is -3.46. The molecule has 1 aromatic carbocycles. The van der Waals surface area contributed by atoms with Crippen LogP contribution in [0.4, 0.5) is 0 Å². The maximum absolute atomic E-state index is 12.6. The molecule has 0 aromatic heterocycles. The minimum absolute atomic E-state index is 0.0102. The SMILES string of the molecule is O=C(CC1(C(=O)O)CCC1)NCc1ccc(S(=O)(=O)N2CCCCC2)cc1. The molecule has 2 fully saturated rings. The van der Waals surface area contributed by atoms with Crippen LogP contribution in [-0.4, -0.2) is 42.8 Å². The second-order valence-electron chi connectivity index (χ2n) is 7.50. The molecule has 1 saturated heterocycles. The van der Waals surface area contributed by atoms with Gasteiger partial charge in [-0.05, 0) is 43.4 Å². The summed E-state index contributed by atoms with van der Waals surface area (Å²) in [6, 6.07) is 6.51. The fourth-order valence-electron chi connectivity index (χ4n) is 3.67. The van der Waals surface area contributed by atoms with Crippen LogP contribution in [0.3, 0.4) is 0 Å². The van der Waals surface area contributed by atoms with Crippen LogP contribution < -0.4 is 5.32 Å². The predicted molar refractivity (Wildman–Crippen MR) is 99.4 cm³/mol. The maximum Gasteiger partial charge on any atom is 0.310 e. The van der Waals surface area contributed by atoms with E-state index in [4.69, 9.17) is 0 Å². The number of hydrogen-bond donors (Lipinski definition) is 2. The number of piperidine rings is 1. The molecule has 0 atom stereocenters. The van der Waals surface area contributed by atoms with Crippen molar-refractivity contribution in [1.82, 2.24) is 9.62 Å². The Kier molecular flexibility index (Phi) is 5.86. The molecule has 1 aromatic rings. The summed E-state index contributed by atoms with van der Waals surface area (Å²) in [6.45, 7) is 1.37. The highest BCUT2D eigenvalue weighted by Crippen LogP contribution is 2.44. The maximum atomic E-state index is 12.6. The Labute approximate surface area is 159 Å². The number of aliphatic carboxylic acids is 1. The average molecular weight is 394 g/mol. The molecular weight excluding hydrogens is 368 g/mol. The molecule has 1 heterocycles. The van der Waals surface area contributed by atoms with E-state index in [1.807, 2.05) is 0 Å². The summed E-state index contributed by atoms with van der Waals surface area (Å²) in [5.41, 5.74) is -0.130. The molecule has 148 valence electrons. The van der Waals surface area contributed by atoms with Crippen molar-refractivity contribution in [2.24, 2.45) is 5.41 Å². The molecule has 0 unspecified atom stereocenters. The highest BCUT2D eigenvalue weighted by Gasteiger charge is 2.45. The van der Waals surface area contributed by atoms with Crippen molar-refractivity contribution in [3.63, 3.8) is 0 Å². The second kappa shape index (κ2) is 7.98. The van der Waals surface area contributed by atoms with Crippen LogP contribution in [0.2, 0.25) is 0 Å². The Morgan fingerprint density at radius 1 is 1.04 bits per heavy atom. The normalized spacial score (nSPS) is 19.9. The fraction of sp³-hybridized carbons (Fsp3) is 0.579. The van der Waals surface area contributed by atoms with Gasteiger partial charge in [0.1, 0.15) is 0 Å². The third-order valence-electron chi connectivity index (χ3n) is 5.63. The van der Waals surface area contributed by atoms with Gasteiger partial charge in [0.25, 0.3) is 0 Å². The van der Waals surface area contributed by atoms with Crippen molar-refractivity contribution >= 4 is 21.9 Å². The molecule has 0 radical (unpaired) electrons. The lowest BCUT2D eigenvalue weighted by Gasteiger charge is -2.36. The van der Waals surface area contributed by atoms with Gasteiger partial charge in [-0.25, -0.2) is 8.42 Å². The summed E-state index contributed by atoms with van der Waals surface area (Å²) in [6.07, 6.45) is 4.75. The van der Waals surface area contributed by atoms with E-state index in [2.05, 4.69) is 5.32 Å². The van der Waals surface area contributed by atoms with E-state index in [0.717, 1.165) is 31.2 Å². The van der Waals surface area contributed by atoms with E-state index < -0.39 is 21.4 Å². The molecule has 0 spiro atoms. The molecule has 8 heteroatoms. The van der Waals surface area contributed by atoms with Gasteiger partial charge in [0, 0.05) is 26.1 Å². The van der Waals surface area contributed by atoms with Crippen LogP contribution >= 0.6 is 0 Å². The first-order chi connectivity index (χ1) is 12.8. The van der Waals surface area contributed by atoms with E-state index in [9.17, 15) is 23.1 Å². The quantitative estimate of drug-likeness (QED) is 0.737. The Morgan fingerprint density at radius 2 is 1.67 bits per heavy atom. The third kappa shape index (κ3) is 4.32. The van der Waals surface area contributed by atoms with E-state index in [0.29, 0.717) is 25.9 Å². The topological polar surface area (TPSA) is 104 Å². The molecule has 0 bridgehead atoms. The number of carboxylic acids is 1. The Balaban J connectivity index is 1.56. The number of carbonyl (C=O) groups excluding carboxylic acids is 1. The van der Waals surface area contributed by atoms with Gasteiger partial charge in [0.2, 0.25) is 15.9 Å². The average Bonchev–Trinajstić information content (AvgIpc) is 2.64. The molecule has 2 aliphatic rings. The number of carboxylic acid groups (broad SMARTS) is 1. The zero-order valence-corrected chi connectivity index (χ0v) is 16.1. The Bertz CT molecular complexity index is 794. The standard InChI is InChI=1S/C19H26N2O5S/c22-17(13-19(18(23)24)9-4-10-19)20-14-15-5-7-16(8-6-15)27(25,26)21-11-2-1-3-12-21/h5-8H,1-4,9-14H2,(H,20,22)(H,23,24). The highest BCUT2D eigenvalue weighted by atomic mass is 32.2. The summed E-state index contributed by atoms with van der Waals surface area (Å²) in [5.74, 6) is -1.20. The van der Waals surface area contributed by atoms with Gasteiger partial charge in [-0.1, -0.05) is 25.0 Å². The number of carbonyl (C=O) groups is 2. The highest BCUT2D eigenvalue weighted by molar-refractivity contribution is 7.89. The van der Waals surface area contributed by atoms with Gasteiger partial charge in [0.15, 0.2) is 0 Å². The zero-order chi connectivity index (χ0) is 19.5. The van der Waals surface area contributed by atoms with Crippen LogP contribution in [0, 0.1) is 5.41 Å². The predicted octanol–water partition coefficient (Wildman–Crippen LogP) is 2.12. The molecule has 1 aliphatic heterocycles. The Hall–Kier alpha value is -1.93.